The first-order valence-corrected chi connectivity index (χ1v) is 10.7. The van der Waals surface area contributed by atoms with Gasteiger partial charge < -0.3 is 0 Å². The highest BCUT2D eigenvalue weighted by Crippen LogP contribution is 2.17. The fourth-order valence-electron chi connectivity index (χ4n) is 4.31. The number of aromatic nitrogens is 5. The lowest BCUT2D eigenvalue weighted by molar-refractivity contribution is 0.121. The molecule has 0 amide bonds. The Morgan fingerprint density at radius 1 is 0.933 bits per heavy atom. The van der Waals surface area contributed by atoms with Gasteiger partial charge in [-0.25, -0.2) is 4.68 Å². The molecule has 1 saturated heterocycles. The fourth-order valence-corrected chi connectivity index (χ4v) is 4.31. The summed E-state index contributed by atoms with van der Waals surface area (Å²) < 4.78 is 3.73. The molecular formula is C22H27N7O. The monoisotopic (exact) mass is 405 g/mol. The molecule has 0 radical (unpaired) electrons. The van der Waals surface area contributed by atoms with Gasteiger partial charge in [0, 0.05) is 75.5 Å². The Bertz CT molecular complexity index is 1030. The second kappa shape index (κ2) is 8.49. The Morgan fingerprint density at radius 3 is 2.60 bits per heavy atom. The third kappa shape index (κ3) is 4.20. The van der Waals surface area contributed by atoms with E-state index in [-0.39, 0.29) is 5.56 Å². The zero-order valence-electron chi connectivity index (χ0n) is 17.2. The Balaban J connectivity index is 1.14. The maximum atomic E-state index is 12.2. The van der Waals surface area contributed by atoms with Gasteiger partial charge in [-0.05, 0) is 37.1 Å². The first-order valence-electron chi connectivity index (χ1n) is 10.7. The summed E-state index contributed by atoms with van der Waals surface area (Å²) in [5.41, 5.74) is 4.22. The maximum Gasteiger partial charge on any atom is 0.266 e. The van der Waals surface area contributed by atoms with Crippen LogP contribution in [0.4, 0.5) is 0 Å². The lowest BCUT2D eigenvalue weighted by Gasteiger charge is -2.34. The molecule has 0 saturated carbocycles. The van der Waals surface area contributed by atoms with E-state index < -0.39 is 0 Å². The van der Waals surface area contributed by atoms with E-state index in [1.165, 1.54) is 17.8 Å². The molecule has 1 fully saturated rings. The zero-order chi connectivity index (χ0) is 20.3. The van der Waals surface area contributed by atoms with E-state index in [0.29, 0.717) is 6.54 Å². The van der Waals surface area contributed by atoms with Gasteiger partial charge in [-0.15, -0.1) is 0 Å². The van der Waals surface area contributed by atoms with Crippen LogP contribution in [0.3, 0.4) is 0 Å². The summed E-state index contributed by atoms with van der Waals surface area (Å²) in [6.45, 7) is 7.49. The molecule has 0 bridgehead atoms. The summed E-state index contributed by atoms with van der Waals surface area (Å²) in [6.07, 6.45) is 5.89. The maximum absolute atomic E-state index is 12.2. The van der Waals surface area contributed by atoms with Crippen molar-refractivity contribution >= 4 is 0 Å². The molecule has 8 heteroatoms. The summed E-state index contributed by atoms with van der Waals surface area (Å²) in [6, 6.07) is 9.46. The molecule has 0 atom stereocenters. The van der Waals surface area contributed by atoms with Crippen molar-refractivity contribution in [2.45, 2.75) is 32.5 Å². The van der Waals surface area contributed by atoms with Crippen molar-refractivity contribution in [2.75, 3.05) is 32.7 Å². The molecule has 0 spiro atoms. The molecule has 0 aliphatic carbocycles. The summed E-state index contributed by atoms with van der Waals surface area (Å²) >= 11 is 0. The molecular weight excluding hydrogens is 378 g/mol. The highest BCUT2D eigenvalue weighted by atomic mass is 16.1. The zero-order valence-corrected chi connectivity index (χ0v) is 17.2. The van der Waals surface area contributed by atoms with Crippen LogP contribution in [0.15, 0.2) is 47.5 Å². The summed E-state index contributed by atoms with van der Waals surface area (Å²) in [4.78, 5) is 21.3. The van der Waals surface area contributed by atoms with Crippen molar-refractivity contribution < 1.29 is 0 Å². The third-order valence-corrected chi connectivity index (χ3v) is 6.02. The average molecular weight is 406 g/mol. The number of fused-ring (bicyclic) bond motifs is 1. The Kier molecular flexibility index (Phi) is 5.42. The smallest absolute Gasteiger partial charge is 0.266 e. The highest BCUT2D eigenvalue weighted by Gasteiger charge is 2.20. The SMILES string of the molecule is O=c1ccc(-c2cccnc2)nn1CCN1CCN(Cc2cc3n(n2)CCC3)CC1. The molecule has 0 unspecified atom stereocenters. The first-order chi connectivity index (χ1) is 14.7. The van der Waals surface area contributed by atoms with Crippen LogP contribution in [0.1, 0.15) is 17.8 Å². The van der Waals surface area contributed by atoms with Gasteiger partial charge in [-0.3, -0.25) is 24.3 Å². The number of aryl methyl sites for hydroxylation is 2. The molecule has 3 aromatic rings. The first kappa shape index (κ1) is 19.1. The fraction of sp³-hybridized carbons (Fsp3) is 0.455. The minimum atomic E-state index is -0.0610. The van der Waals surface area contributed by atoms with E-state index in [1.54, 1.807) is 29.2 Å². The Morgan fingerprint density at radius 2 is 1.80 bits per heavy atom. The molecule has 156 valence electrons. The van der Waals surface area contributed by atoms with Crippen molar-refractivity contribution in [1.82, 2.24) is 34.3 Å². The largest absolute Gasteiger partial charge is 0.299 e. The van der Waals surface area contributed by atoms with Crippen LogP contribution in [-0.4, -0.2) is 67.1 Å². The van der Waals surface area contributed by atoms with Crippen LogP contribution >= 0.6 is 0 Å². The summed E-state index contributed by atoms with van der Waals surface area (Å²) in [5, 5.41) is 9.27. The number of piperazine rings is 1. The molecule has 30 heavy (non-hydrogen) atoms. The lowest BCUT2D eigenvalue weighted by atomic mass is 10.2. The molecule has 2 aliphatic rings. The van der Waals surface area contributed by atoms with Crippen molar-refractivity contribution in [3.05, 3.63) is 64.5 Å². The van der Waals surface area contributed by atoms with E-state index in [4.69, 9.17) is 5.10 Å². The van der Waals surface area contributed by atoms with Gasteiger partial charge in [0.2, 0.25) is 0 Å². The van der Waals surface area contributed by atoms with Crippen molar-refractivity contribution in [3.63, 3.8) is 0 Å². The van der Waals surface area contributed by atoms with Crippen LogP contribution in [0.5, 0.6) is 0 Å². The molecule has 0 N–H and O–H groups in total. The lowest BCUT2D eigenvalue weighted by Crippen LogP contribution is -2.47. The van der Waals surface area contributed by atoms with E-state index in [1.807, 2.05) is 12.1 Å². The summed E-state index contributed by atoms with van der Waals surface area (Å²) in [5.74, 6) is 0. The molecule has 8 nitrogen and oxygen atoms in total. The normalized spacial score (nSPS) is 17.3. The van der Waals surface area contributed by atoms with E-state index in [2.05, 4.69) is 30.6 Å². The van der Waals surface area contributed by atoms with Crippen molar-refractivity contribution in [2.24, 2.45) is 0 Å². The number of hydrogen-bond donors (Lipinski definition) is 0. The van der Waals surface area contributed by atoms with Crippen LogP contribution in [0, 0.1) is 0 Å². The number of rotatable bonds is 6. The predicted molar refractivity (Wildman–Crippen MR) is 114 cm³/mol. The van der Waals surface area contributed by atoms with E-state index in [9.17, 15) is 4.79 Å². The topological polar surface area (TPSA) is 72.1 Å². The van der Waals surface area contributed by atoms with Crippen molar-refractivity contribution in [3.8, 4) is 11.3 Å². The van der Waals surface area contributed by atoms with Gasteiger partial charge in [0.05, 0.1) is 17.9 Å². The van der Waals surface area contributed by atoms with Crippen LogP contribution in [-0.2, 0) is 26.1 Å². The summed E-state index contributed by atoms with van der Waals surface area (Å²) in [7, 11) is 0. The number of pyridine rings is 1. The molecule has 2 aliphatic heterocycles. The highest BCUT2D eigenvalue weighted by molar-refractivity contribution is 5.56. The Labute approximate surface area is 175 Å². The predicted octanol–water partition coefficient (Wildman–Crippen LogP) is 1.27. The van der Waals surface area contributed by atoms with Gasteiger partial charge in [0.25, 0.3) is 5.56 Å². The van der Waals surface area contributed by atoms with Gasteiger partial charge in [0.15, 0.2) is 0 Å². The second-order valence-electron chi connectivity index (χ2n) is 8.09. The minimum absolute atomic E-state index is 0.0610. The van der Waals surface area contributed by atoms with Gasteiger partial charge in [0.1, 0.15) is 0 Å². The standard InChI is InChI=1S/C22H27N7O/c30-22-6-5-21(18-3-1-7-23-16-18)25-29(22)14-13-26-9-11-27(12-10-26)17-19-15-20-4-2-8-28(20)24-19/h1,3,5-7,15-16H,2,4,8-14,17H2. The van der Waals surface area contributed by atoms with Crippen LogP contribution in [0.2, 0.25) is 0 Å². The van der Waals surface area contributed by atoms with Crippen molar-refractivity contribution in [1.29, 1.82) is 0 Å². The molecule has 5 rings (SSSR count). The second-order valence-corrected chi connectivity index (χ2v) is 8.09. The Hall–Kier alpha value is -2.84. The van der Waals surface area contributed by atoms with Crippen LogP contribution < -0.4 is 5.56 Å². The molecule has 3 aromatic heterocycles. The molecule has 0 aromatic carbocycles. The minimum Gasteiger partial charge on any atom is -0.299 e. The van der Waals surface area contributed by atoms with Crippen LogP contribution in [0.25, 0.3) is 11.3 Å². The van der Waals surface area contributed by atoms with Gasteiger partial charge in [-0.2, -0.15) is 10.2 Å². The van der Waals surface area contributed by atoms with Gasteiger partial charge >= 0.3 is 0 Å². The molecule has 5 heterocycles. The average Bonchev–Trinajstić information content (AvgIpc) is 3.37. The quantitative estimate of drug-likeness (QED) is 0.615. The van der Waals surface area contributed by atoms with Gasteiger partial charge in [-0.1, -0.05) is 0 Å². The van der Waals surface area contributed by atoms with E-state index >= 15 is 0 Å². The number of nitrogens with zero attached hydrogens (tertiary/aromatic N) is 7. The van der Waals surface area contributed by atoms with E-state index in [0.717, 1.165) is 63.5 Å². The number of hydrogen-bond acceptors (Lipinski definition) is 6. The third-order valence-electron chi connectivity index (χ3n) is 6.02.